The summed E-state index contributed by atoms with van der Waals surface area (Å²) < 4.78 is 1.71. The molecular formula is C24H19ClN6O2. The second kappa shape index (κ2) is 9.37. The van der Waals surface area contributed by atoms with Gasteiger partial charge in [0.15, 0.2) is 0 Å². The molecular weight excluding hydrogens is 440 g/mol. The van der Waals surface area contributed by atoms with Gasteiger partial charge < -0.3 is 15.6 Å². The summed E-state index contributed by atoms with van der Waals surface area (Å²) in [4.78, 5) is 32.8. The summed E-state index contributed by atoms with van der Waals surface area (Å²) in [6, 6.07) is 19.5. The molecule has 0 spiro atoms. The van der Waals surface area contributed by atoms with Crippen LogP contribution in [0.2, 0.25) is 0 Å². The number of carbonyl (C=O) groups excluding carboxylic acids is 2. The van der Waals surface area contributed by atoms with Crippen LogP contribution in [0.3, 0.4) is 0 Å². The highest BCUT2D eigenvalue weighted by molar-refractivity contribution is 6.09. The van der Waals surface area contributed by atoms with Crippen LogP contribution in [0.1, 0.15) is 20.7 Å². The van der Waals surface area contributed by atoms with Crippen LogP contribution in [-0.2, 0) is 0 Å². The lowest BCUT2D eigenvalue weighted by Gasteiger charge is -2.09. The van der Waals surface area contributed by atoms with E-state index in [9.17, 15) is 9.59 Å². The van der Waals surface area contributed by atoms with Crippen LogP contribution in [0.5, 0.6) is 0 Å². The summed E-state index contributed by atoms with van der Waals surface area (Å²) in [6.07, 6.45) is 6.89. The summed E-state index contributed by atoms with van der Waals surface area (Å²) in [5.74, 6) is -0.635. The lowest BCUT2D eigenvalue weighted by molar-refractivity contribution is 0.102. The highest BCUT2D eigenvalue weighted by Crippen LogP contribution is 2.18. The topological polar surface area (TPSA) is 105 Å². The maximum atomic E-state index is 12.8. The Kier molecular flexibility index (Phi) is 6.19. The van der Waals surface area contributed by atoms with E-state index < -0.39 is 0 Å². The Balaban J connectivity index is 0.00000259. The molecule has 0 bridgehead atoms. The first-order valence-corrected chi connectivity index (χ1v) is 9.92. The number of fused-ring (bicyclic) bond motifs is 1. The highest BCUT2D eigenvalue weighted by Gasteiger charge is 2.12. The molecule has 2 amide bonds. The number of aromatic amines is 1. The second-order valence-corrected chi connectivity index (χ2v) is 7.13. The molecule has 9 heteroatoms. The Labute approximate surface area is 195 Å². The van der Waals surface area contributed by atoms with Crippen molar-refractivity contribution in [3.05, 3.63) is 103 Å². The molecule has 5 rings (SSSR count). The average molecular weight is 459 g/mol. The number of hydrogen-bond acceptors (Lipinski definition) is 4. The van der Waals surface area contributed by atoms with Gasteiger partial charge in [-0.05, 0) is 54.6 Å². The Morgan fingerprint density at radius 3 is 2.36 bits per heavy atom. The van der Waals surface area contributed by atoms with Gasteiger partial charge in [-0.3, -0.25) is 9.59 Å². The van der Waals surface area contributed by atoms with Crippen molar-refractivity contribution >= 4 is 46.6 Å². The normalized spacial score (nSPS) is 10.4. The minimum Gasteiger partial charge on any atom is -0.346 e. The van der Waals surface area contributed by atoms with E-state index in [-0.39, 0.29) is 24.2 Å². The van der Waals surface area contributed by atoms with Crippen molar-refractivity contribution in [2.45, 2.75) is 0 Å². The molecule has 3 N–H and O–H groups in total. The predicted octanol–water partition coefficient (Wildman–Crippen LogP) is 4.68. The van der Waals surface area contributed by atoms with Gasteiger partial charge in [0.05, 0.1) is 17.6 Å². The lowest BCUT2D eigenvalue weighted by atomic mass is 10.1. The monoisotopic (exact) mass is 458 g/mol. The fraction of sp³-hybridized carbons (Fsp3) is 0. The number of nitrogens with one attached hydrogen (secondary N) is 3. The van der Waals surface area contributed by atoms with Crippen molar-refractivity contribution in [1.29, 1.82) is 0 Å². The van der Waals surface area contributed by atoms with E-state index in [4.69, 9.17) is 0 Å². The first kappa shape index (κ1) is 21.8. The number of carbonyl (C=O) groups is 2. The van der Waals surface area contributed by atoms with Crippen LogP contribution in [0, 0.1) is 0 Å². The number of hydrogen-bond donors (Lipinski definition) is 3. The lowest BCUT2D eigenvalue weighted by Crippen LogP contribution is -2.15. The molecule has 0 saturated carbocycles. The van der Waals surface area contributed by atoms with Crippen molar-refractivity contribution in [2.75, 3.05) is 10.6 Å². The maximum absolute atomic E-state index is 12.8. The van der Waals surface area contributed by atoms with Crippen molar-refractivity contribution < 1.29 is 9.59 Å². The maximum Gasteiger partial charge on any atom is 0.255 e. The number of nitrogens with zero attached hydrogens (tertiary/aromatic N) is 3. The van der Waals surface area contributed by atoms with E-state index >= 15 is 0 Å². The zero-order valence-corrected chi connectivity index (χ0v) is 18.0. The first-order valence-electron chi connectivity index (χ1n) is 9.92. The molecule has 0 atom stereocenters. The largest absolute Gasteiger partial charge is 0.346 e. The SMILES string of the molecule is Cl.O=C(Nc1cccc(-n2cccn2)c1)c1cccc(C(=O)Nc2cnc3[nH]ccc3c2)c1. The summed E-state index contributed by atoms with van der Waals surface area (Å²) in [6.45, 7) is 0. The molecule has 0 aliphatic carbocycles. The standard InChI is InChI=1S/C24H18N6O2.ClH/c31-23(28-19-6-2-7-21(14-19)30-11-3-9-27-30)17-4-1-5-18(12-17)24(32)29-20-13-16-8-10-25-22(16)26-15-20;/h1-15H,(H,25,26)(H,28,31)(H,29,32);1H. The number of rotatable bonds is 5. The summed E-state index contributed by atoms with van der Waals surface area (Å²) in [5, 5.41) is 10.8. The summed E-state index contributed by atoms with van der Waals surface area (Å²) in [5.41, 5.74) is 3.53. The Bertz CT molecular complexity index is 1430. The van der Waals surface area contributed by atoms with E-state index in [1.807, 2.05) is 42.6 Å². The zero-order valence-electron chi connectivity index (χ0n) is 17.2. The molecule has 0 unspecified atom stereocenters. The molecule has 0 aliphatic heterocycles. The Morgan fingerprint density at radius 2 is 1.61 bits per heavy atom. The summed E-state index contributed by atoms with van der Waals surface area (Å²) in [7, 11) is 0. The van der Waals surface area contributed by atoms with Gasteiger partial charge in [-0.2, -0.15) is 5.10 Å². The van der Waals surface area contributed by atoms with E-state index in [2.05, 4.69) is 25.7 Å². The van der Waals surface area contributed by atoms with E-state index in [0.717, 1.165) is 16.7 Å². The van der Waals surface area contributed by atoms with E-state index in [0.29, 0.717) is 22.5 Å². The molecule has 0 radical (unpaired) electrons. The minimum atomic E-state index is -0.322. The zero-order chi connectivity index (χ0) is 21.9. The smallest absolute Gasteiger partial charge is 0.255 e. The predicted molar refractivity (Wildman–Crippen MR) is 129 cm³/mol. The van der Waals surface area contributed by atoms with Crippen LogP contribution in [0.25, 0.3) is 16.7 Å². The number of pyridine rings is 1. The van der Waals surface area contributed by atoms with Crippen molar-refractivity contribution in [3.8, 4) is 5.69 Å². The first-order chi connectivity index (χ1) is 15.7. The Hall–Kier alpha value is -4.43. The van der Waals surface area contributed by atoms with Gasteiger partial charge in [-0.1, -0.05) is 12.1 Å². The number of benzene rings is 2. The fourth-order valence-electron chi connectivity index (χ4n) is 3.36. The molecule has 0 saturated heterocycles. The number of aromatic nitrogens is 4. The molecule has 33 heavy (non-hydrogen) atoms. The average Bonchev–Trinajstić information content (AvgIpc) is 3.51. The minimum absolute atomic E-state index is 0. The number of halogens is 1. The molecule has 0 aliphatic rings. The van der Waals surface area contributed by atoms with Gasteiger partial charge in [0, 0.05) is 40.8 Å². The molecule has 8 nitrogen and oxygen atoms in total. The van der Waals surface area contributed by atoms with Gasteiger partial charge >= 0.3 is 0 Å². The molecule has 2 aromatic carbocycles. The molecule has 0 fully saturated rings. The number of amides is 2. The van der Waals surface area contributed by atoms with Crippen LogP contribution in [0.15, 0.2) is 91.5 Å². The third-order valence-electron chi connectivity index (χ3n) is 4.92. The second-order valence-electron chi connectivity index (χ2n) is 7.13. The van der Waals surface area contributed by atoms with Crippen LogP contribution >= 0.6 is 12.4 Å². The van der Waals surface area contributed by atoms with Gasteiger partial charge in [0.2, 0.25) is 0 Å². The molecule has 3 aromatic heterocycles. The third-order valence-corrected chi connectivity index (χ3v) is 4.92. The van der Waals surface area contributed by atoms with Gasteiger partial charge in [0.25, 0.3) is 11.8 Å². The van der Waals surface area contributed by atoms with Crippen molar-refractivity contribution in [3.63, 3.8) is 0 Å². The van der Waals surface area contributed by atoms with Crippen molar-refractivity contribution in [1.82, 2.24) is 19.7 Å². The van der Waals surface area contributed by atoms with Gasteiger partial charge in [-0.15, -0.1) is 12.4 Å². The highest BCUT2D eigenvalue weighted by atomic mass is 35.5. The molecule has 3 heterocycles. The number of anilines is 2. The van der Waals surface area contributed by atoms with E-state index in [1.165, 1.54) is 0 Å². The summed E-state index contributed by atoms with van der Waals surface area (Å²) >= 11 is 0. The number of H-pyrrole nitrogens is 1. The van der Waals surface area contributed by atoms with E-state index in [1.54, 1.807) is 53.6 Å². The van der Waals surface area contributed by atoms with Crippen molar-refractivity contribution in [2.24, 2.45) is 0 Å². The van der Waals surface area contributed by atoms with Crippen LogP contribution in [0.4, 0.5) is 11.4 Å². The van der Waals surface area contributed by atoms with Crippen LogP contribution in [-0.4, -0.2) is 31.6 Å². The van der Waals surface area contributed by atoms with Gasteiger partial charge in [-0.25, -0.2) is 9.67 Å². The van der Waals surface area contributed by atoms with Gasteiger partial charge in [0.1, 0.15) is 5.65 Å². The quantitative estimate of drug-likeness (QED) is 0.355. The molecule has 5 aromatic rings. The van der Waals surface area contributed by atoms with Crippen LogP contribution < -0.4 is 10.6 Å². The fourth-order valence-corrected chi connectivity index (χ4v) is 3.36. The molecule has 164 valence electrons. The third kappa shape index (κ3) is 4.76. The Morgan fingerprint density at radius 1 is 0.848 bits per heavy atom.